The molecule has 0 saturated heterocycles. The van der Waals surface area contributed by atoms with Crippen LogP contribution in [0.15, 0.2) is 65.3 Å². The number of carbonyl (C=O) groups is 1. The Bertz CT molecular complexity index is 786. The highest BCUT2D eigenvalue weighted by molar-refractivity contribution is 7.98. The fraction of sp³-hybridized carbons (Fsp3) is 0.211. The number of hydrogen-bond donors (Lipinski definition) is 1. The average Bonchev–Trinajstić information content (AvgIpc) is 3.13. The van der Waals surface area contributed by atoms with Crippen molar-refractivity contribution >= 4 is 28.4 Å². The van der Waals surface area contributed by atoms with E-state index in [1.54, 1.807) is 18.0 Å². The number of thioether (sulfide) groups is 1. The third-order valence-corrected chi connectivity index (χ3v) is 4.47. The lowest BCUT2D eigenvalue weighted by atomic mass is 10.1. The molecule has 0 atom stereocenters. The fourth-order valence-corrected chi connectivity index (χ4v) is 3.04. The van der Waals surface area contributed by atoms with E-state index in [0.29, 0.717) is 12.3 Å². The second-order valence-corrected chi connectivity index (χ2v) is 6.38. The van der Waals surface area contributed by atoms with Gasteiger partial charge in [-0.1, -0.05) is 30.3 Å². The quantitative estimate of drug-likeness (QED) is 0.632. The fourth-order valence-electron chi connectivity index (χ4n) is 2.29. The van der Waals surface area contributed by atoms with Crippen LogP contribution < -0.4 is 10.1 Å². The van der Waals surface area contributed by atoms with Gasteiger partial charge in [0.05, 0.1) is 12.0 Å². The molecule has 4 nitrogen and oxygen atoms in total. The number of amides is 1. The van der Waals surface area contributed by atoms with Gasteiger partial charge in [-0.3, -0.25) is 4.79 Å². The molecule has 24 heavy (non-hydrogen) atoms. The molecular weight excluding hydrogens is 322 g/mol. The van der Waals surface area contributed by atoms with E-state index < -0.39 is 0 Å². The number of nitrogens with one attached hydrogen (secondary N) is 1. The number of furan rings is 1. The zero-order chi connectivity index (χ0) is 16.6. The molecule has 0 fully saturated rings. The lowest BCUT2D eigenvalue weighted by Crippen LogP contribution is -2.30. The van der Waals surface area contributed by atoms with Crippen molar-refractivity contribution in [2.24, 2.45) is 0 Å². The van der Waals surface area contributed by atoms with Gasteiger partial charge < -0.3 is 14.5 Å². The van der Waals surface area contributed by atoms with Crippen molar-refractivity contribution in [1.82, 2.24) is 5.32 Å². The lowest BCUT2D eigenvalue weighted by Gasteiger charge is -2.08. The summed E-state index contributed by atoms with van der Waals surface area (Å²) >= 11 is 1.72. The largest absolute Gasteiger partial charge is 0.484 e. The van der Waals surface area contributed by atoms with Crippen LogP contribution in [0.4, 0.5) is 0 Å². The van der Waals surface area contributed by atoms with Gasteiger partial charge in [0, 0.05) is 12.3 Å². The molecule has 0 spiro atoms. The molecule has 3 aromatic rings. The first-order chi connectivity index (χ1) is 11.8. The maximum absolute atomic E-state index is 11.8. The van der Waals surface area contributed by atoms with Crippen LogP contribution in [0, 0.1) is 0 Å². The van der Waals surface area contributed by atoms with E-state index in [1.807, 2.05) is 54.6 Å². The molecular formula is C19H19NO3S. The van der Waals surface area contributed by atoms with Crippen LogP contribution in [0.1, 0.15) is 5.76 Å². The molecule has 0 bridgehead atoms. The summed E-state index contributed by atoms with van der Waals surface area (Å²) in [5.41, 5.74) is 0. The van der Waals surface area contributed by atoms with Gasteiger partial charge in [-0.05, 0) is 35.0 Å². The number of benzene rings is 2. The van der Waals surface area contributed by atoms with E-state index >= 15 is 0 Å². The number of carbonyl (C=O) groups excluding carboxylic acids is 1. The van der Waals surface area contributed by atoms with Gasteiger partial charge in [-0.15, -0.1) is 0 Å². The summed E-state index contributed by atoms with van der Waals surface area (Å²) in [4.78, 5) is 11.8. The van der Waals surface area contributed by atoms with E-state index in [1.165, 1.54) is 0 Å². The summed E-state index contributed by atoms with van der Waals surface area (Å²) in [6.07, 6.45) is 1.67. The maximum Gasteiger partial charge on any atom is 0.257 e. The molecule has 5 heteroatoms. The molecule has 0 unspecified atom stereocenters. The Morgan fingerprint density at radius 2 is 1.96 bits per heavy atom. The lowest BCUT2D eigenvalue weighted by molar-refractivity contribution is -0.122. The number of rotatable bonds is 8. The molecule has 124 valence electrons. The summed E-state index contributed by atoms with van der Waals surface area (Å²) in [6.45, 7) is 0.645. The Morgan fingerprint density at radius 3 is 2.79 bits per heavy atom. The molecule has 0 saturated carbocycles. The molecule has 0 aliphatic heterocycles. The van der Waals surface area contributed by atoms with Gasteiger partial charge in [0.15, 0.2) is 6.61 Å². The first-order valence-corrected chi connectivity index (χ1v) is 8.95. The van der Waals surface area contributed by atoms with Crippen LogP contribution in [0.3, 0.4) is 0 Å². The highest BCUT2D eigenvalue weighted by Crippen LogP contribution is 2.20. The summed E-state index contributed by atoms with van der Waals surface area (Å²) < 4.78 is 10.8. The van der Waals surface area contributed by atoms with Crippen molar-refractivity contribution in [2.45, 2.75) is 5.75 Å². The Hall–Kier alpha value is -2.40. The summed E-state index contributed by atoms with van der Waals surface area (Å²) in [5, 5.41) is 5.11. The van der Waals surface area contributed by atoms with Gasteiger partial charge in [-0.2, -0.15) is 11.8 Å². The van der Waals surface area contributed by atoms with Crippen LogP contribution in [0.25, 0.3) is 10.8 Å². The first-order valence-electron chi connectivity index (χ1n) is 7.80. The zero-order valence-corrected chi connectivity index (χ0v) is 14.1. The number of hydrogen-bond acceptors (Lipinski definition) is 4. The standard InChI is InChI=1S/C19H19NO3S/c21-19(20-9-11-24-14-18-6-3-10-22-18)13-23-17-8-7-15-4-1-2-5-16(15)12-17/h1-8,10,12H,9,11,13-14H2,(H,20,21). The Balaban J connectivity index is 1.35. The first kappa shape index (κ1) is 16.5. The molecule has 1 aromatic heterocycles. The van der Waals surface area contributed by atoms with E-state index in [0.717, 1.165) is 28.0 Å². The van der Waals surface area contributed by atoms with E-state index in [-0.39, 0.29) is 12.5 Å². The Morgan fingerprint density at radius 1 is 1.08 bits per heavy atom. The van der Waals surface area contributed by atoms with Crippen LogP contribution in [0.2, 0.25) is 0 Å². The second kappa shape index (κ2) is 8.45. The van der Waals surface area contributed by atoms with E-state index in [4.69, 9.17) is 9.15 Å². The van der Waals surface area contributed by atoms with E-state index in [9.17, 15) is 4.79 Å². The summed E-state index contributed by atoms with van der Waals surface area (Å²) in [5.74, 6) is 3.20. The van der Waals surface area contributed by atoms with Crippen LogP contribution >= 0.6 is 11.8 Å². The van der Waals surface area contributed by atoms with Gasteiger partial charge in [0.1, 0.15) is 11.5 Å². The molecule has 0 aliphatic rings. The topological polar surface area (TPSA) is 51.5 Å². The monoisotopic (exact) mass is 341 g/mol. The normalized spacial score (nSPS) is 10.7. The zero-order valence-electron chi connectivity index (χ0n) is 13.2. The second-order valence-electron chi connectivity index (χ2n) is 5.28. The number of fused-ring (bicyclic) bond motifs is 1. The Kier molecular flexibility index (Phi) is 5.80. The van der Waals surface area contributed by atoms with Gasteiger partial charge in [-0.25, -0.2) is 0 Å². The smallest absolute Gasteiger partial charge is 0.257 e. The third-order valence-electron chi connectivity index (χ3n) is 3.48. The van der Waals surface area contributed by atoms with Crippen molar-refractivity contribution < 1.29 is 13.9 Å². The SMILES string of the molecule is O=C(COc1ccc2ccccc2c1)NCCSCc1ccco1. The van der Waals surface area contributed by atoms with Crippen molar-refractivity contribution in [2.75, 3.05) is 18.9 Å². The van der Waals surface area contributed by atoms with Gasteiger partial charge >= 0.3 is 0 Å². The predicted octanol–water partition coefficient (Wildman–Crippen LogP) is 3.86. The van der Waals surface area contributed by atoms with E-state index in [2.05, 4.69) is 5.32 Å². The summed E-state index contributed by atoms with van der Waals surface area (Å²) in [6, 6.07) is 17.7. The average molecular weight is 341 g/mol. The van der Waals surface area contributed by atoms with Gasteiger partial charge in [0.25, 0.3) is 5.91 Å². The Labute approximate surface area is 145 Å². The van der Waals surface area contributed by atoms with Crippen LogP contribution in [-0.4, -0.2) is 24.8 Å². The molecule has 0 radical (unpaired) electrons. The molecule has 3 rings (SSSR count). The van der Waals surface area contributed by atoms with Gasteiger partial charge in [0.2, 0.25) is 0 Å². The predicted molar refractivity (Wildman–Crippen MR) is 97.3 cm³/mol. The minimum atomic E-state index is -0.109. The molecule has 2 aromatic carbocycles. The third kappa shape index (κ3) is 4.80. The molecule has 1 amide bonds. The minimum Gasteiger partial charge on any atom is -0.484 e. The molecule has 1 heterocycles. The van der Waals surface area contributed by atoms with Crippen molar-refractivity contribution in [3.05, 3.63) is 66.6 Å². The molecule has 1 N–H and O–H groups in total. The number of ether oxygens (including phenoxy) is 1. The van der Waals surface area contributed by atoms with Crippen molar-refractivity contribution in [3.63, 3.8) is 0 Å². The van der Waals surface area contributed by atoms with Crippen molar-refractivity contribution in [3.8, 4) is 5.75 Å². The summed E-state index contributed by atoms with van der Waals surface area (Å²) in [7, 11) is 0. The van der Waals surface area contributed by atoms with Crippen molar-refractivity contribution in [1.29, 1.82) is 0 Å². The molecule has 0 aliphatic carbocycles. The highest BCUT2D eigenvalue weighted by Gasteiger charge is 2.03. The highest BCUT2D eigenvalue weighted by atomic mass is 32.2. The maximum atomic E-state index is 11.8. The van der Waals surface area contributed by atoms with Crippen LogP contribution in [-0.2, 0) is 10.5 Å². The minimum absolute atomic E-state index is 0.0290. The van der Waals surface area contributed by atoms with Crippen LogP contribution in [0.5, 0.6) is 5.75 Å².